The molecule has 0 aliphatic rings. The summed E-state index contributed by atoms with van der Waals surface area (Å²) in [5, 5.41) is 18.3. The molecule has 0 atom stereocenters. The molecule has 8 heteroatoms. The number of nitrogens with zero attached hydrogens (tertiary/aromatic N) is 1. The molecule has 0 radical (unpaired) electrons. The lowest BCUT2D eigenvalue weighted by Gasteiger charge is -2.28. The molecule has 0 aromatic carbocycles. The van der Waals surface area contributed by atoms with Gasteiger partial charge in [0.05, 0.1) is 24.9 Å². The highest BCUT2D eigenvalue weighted by atomic mass is 32.2. The number of aliphatic hydroxyl groups is 2. The molecule has 1 aromatic heterocycles. The standard InChI is InChI=1S/C9H17N3O4S/c1-3-9(5-13,6-14)12-17(15,16)8-4-10-7(2)11-8/h4,12-14H,3,5-6H2,1-2H3,(H,10,11). The Morgan fingerprint density at radius 1 is 1.47 bits per heavy atom. The van der Waals surface area contributed by atoms with Gasteiger partial charge < -0.3 is 15.2 Å². The first-order chi connectivity index (χ1) is 7.89. The van der Waals surface area contributed by atoms with E-state index in [1.54, 1.807) is 13.8 Å². The van der Waals surface area contributed by atoms with Gasteiger partial charge in [-0.05, 0) is 13.3 Å². The van der Waals surface area contributed by atoms with Gasteiger partial charge in [0, 0.05) is 0 Å². The monoisotopic (exact) mass is 263 g/mol. The highest BCUT2D eigenvalue weighted by molar-refractivity contribution is 7.89. The van der Waals surface area contributed by atoms with E-state index in [0.717, 1.165) is 0 Å². The molecule has 1 aromatic rings. The summed E-state index contributed by atoms with van der Waals surface area (Å²) >= 11 is 0. The minimum Gasteiger partial charge on any atom is -0.394 e. The SMILES string of the molecule is CCC(CO)(CO)NS(=O)(=O)c1cnc(C)[nH]1. The van der Waals surface area contributed by atoms with Crippen LogP contribution in [0.2, 0.25) is 0 Å². The zero-order chi connectivity index (χ0) is 13.1. The lowest BCUT2D eigenvalue weighted by Crippen LogP contribution is -2.53. The Labute approximate surface area is 99.9 Å². The molecule has 0 spiro atoms. The fourth-order valence-electron chi connectivity index (χ4n) is 1.29. The van der Waals surface area contributed by atoms with Crippen LogP contribution in [0.5, 0.6) is 0 Å². The van der Waals surface area contributed by atoms with E-state index >= 15 is 0 Å². The first-order valence-electron chi connectivity index (χ1n) is 5.16. The van der Waals surface area contributed by atoms with Crippen LogP contribution in [0.1, 0.15) is 19.2 Å². The zero-order valence-corrected chi connectivity index (χ0v) is 10.6. The number of imidazole rings is 1. The minimum absolute atomic E-state index is 0.0882. The third kappa shape index (κ3) is 3.03. The van der Waals surface area contributed by atoms with E-state index < -0.39 is 28.8 Å². The molecule has 1 heterocycles. The number of nitrogens with one attached hydrogen (secondary N) is 2. The molecule has 0 fully saturated rings. The molecule has 4 N–H and O–H groups in total. The van der Waals surface area contributed by atoms with E-state index in [0.29, 0.717) is 5.82 Å². The molecule has 0 bridgehead atoms. The van der Waals surface area contributed by atoms with E-state index in [4.69, 9.17) is 0 Å². The fourth-order valence-corrected chi connectivity index (χ4v) is 2.71. The van der Waals surface area contributed by atoms with E-state index in [9.17, 15) is 18.6 Å². The average Bonchev–Trinajstić information content (AvgIpc) is 2.74. The van der Waals surface area contributed by atoms with E-state index in [1.165, 1.54) is 6.20 Å². The van der Waals surface area contributed by atoms with Crippen LogP contribution in [0, 0.1) is 6.92 Å². The average molecular weight is 263 g/mol. The van der Waals surface area contributed by atoms with Gasteiger partial charge in [-0.3, -0.25) is 0 Å². The van der Waals surface area contributed by atoms with Crippen molar-refractivity contribution < 1.29 is 18.6 Å². The molecule has 1 rings (SSSR count). The lowest BCUT2D eigenvalue weighted by atomic mass is 10.0. The largest absolute Gasteiger partial charge is 0.394 e. The van der Waals surface area contributed by atoms with E-state index in [-0.39, 0.29) is 11.4 Å². The summed E-state index contributed by atoms with van der Waals surface area (Å²) in [7, 11) is -3.82. The first kappa shape index (κ1) is 14.1. The van der Waals surface area contributed by atoms with Crippen LogP contribution in [-0.4, -0.2) is 47.4 Å². The van der Waals surface area contributed by atoms with Crippen molar-refractivity contribution in [3.8, 4) is 0 Å². The molecule has 0 saturated carbocycles. The van der Waals surface area contributed by atoms with Crippen molar-refractivity contribution in [1.29, 1.82) is 0 Å². The molecule has 0 aliphatic heterocycles. The number of aliphatic hydroxyl groups excluding tert-OH is 2. The van der Waals surface area contributed by atoms with Gasteiger partial charge in [0.25, 0.3) is 10.0 Å². The van der Waals surface area contributed by atoms with Crippen molar-refractivity contribution in [3.05, 3.63) is 12.0 Å². The molecular weight excluding hydrogens is 246 g/mol. The second-order valence-electron chi connectivity index (χ2n) is 3.89. The maximum absolute atomic E-state index is 11.9. The van der Waals surface area contributed by atoms with Crippen molar-refractivity contribution in [2.45, 2.75) is 30.8 Å². The van der Waals surface area contributed by atoms with Gasteiger partial charge in [0.1, 0.15) is 5.82 Å². The number of sulfonamides is 1. The zero-order valence-electron chi connectivity index (χ0n) is 9.77. The normalized spacial score (nSPS) is 12.9. The number of aryl methyl sites for hydroxylation is 1. The van der Waals surface area contributed by atoms with Gasteiger partial charge in [0.15, 0.2) is 5.03 Å². The number of aromatic nitrogens is 2. The van der Waals surface area contributed by atoms with Crippen LogP contribution >= 0.6 is 0 Å². The molecular formula is C9H17N3O4S. The lowest BCUT2D eigenvalue weighted by molar-refractivity contribution is 0.105. The molecule has 17 heavy (non-hydrogen) atoms. The number of H-pyrrole nitrogens is 1. The second-order valence-corrected chi connectivity index (χ2v) is 5.54. The van der Waals surface area contributed by atoms with Gasteiger partial charge in [-0.1, -0.05) is 6.92 Å². The van der Waals surface area contributed by atoms with Gasteiger partial charge in [0.2, 0.25) is 0 Å². The molecule has 7 nitrogen and oxygen atoms in total. The van der Waals surface area contributed by atoms with Crippen molar-refractivity contribution >= 4 is 10.0 Å². The predicted octanol–water partition coefficient (Wildman–Crippen LogP) is -0.870. The number of rotatable bonds is 6. The van der Waals surface area contributed by atoms with Crippen molar-refractivity contribution in [2.75, 3.05) is 13.2 Å². The predicted molar refractivity (Wildman–Crippen MR) is 60.8 cm³/mol. The maximum atomic E-state index is 11.9. The highest BCUT2D eigenvalue weighted by Gasteiger charge is 2.33. The molecule has 98 valence electrons. The summed E-state index contributed by atoms with van der Waals surface area (Å²) in [5.74, 6) is 0.473. The summed E-state index contributed by atoms with van der Waals surface area (Å²) in [6.07, 6.45) is 1.46. The molecule has 0 saturated heterocycles. The van der Waals surface area contributed by atoms with Crippen LogP contribution in [0.4, 0.5) is 0 Å². The summed E-state index contributed by atoms with van der Waals surface area (Å²) in [5.41, 5.74) is -1.25. The van der Waals surface area contributed by atoms with Gasteiger partial charge in [-0.2, -0.15) is 4.72 Å². The van der Waals surface area contributed by atoms with Crippen LogP contribution < -0.4 is 4.72 Å². The fraction of sp³-hybridized carbons (Fsp3) is 0.667. The van der Waals surface area contributed by atoms with Crippen molar-refractivity contribution in [2.24, 2.45) is 0 Å². The Kier molecular flexibility index (Phi) is 4.26. The third-order valence-electron chi connectivity index (χ3n) is 2.60. The third-order valence-corrected chi connectivity index (χ3v) is 4.09. The Balaban J connectivity index is 3.00. The van der Waals surface area contributed by atoms with Crippen LogP contribution in [-0.2, 0) is 10.0 Å². The Morgan fingerprint density at radius 2 is 2.06 bits per heavy atom. The number of aromatic amines is 1. The quantitative estimate of drug-likeness (QED) is 0.532. The minimum atomic E-state index is -3.82. The number of hydrogen-bond acceptors (Lipinski definition) is 5. The molecule has 0 unspecified atom stereocenters. The van der Waals surface area contributed by atoms with Crippen molar-refractivity contribution in [3.63, 3.8) is 0 Å². The molecule has 0 aliphatic carbocycles. The maximum Gasteiger partial charge on any atom is 0.258 e. The highest BCUT2D eigenvalue weighted by Crippen LogP contribution is 2.14. The van der Waals surface area contributed by atoms with Crippen LogP contribution in [0.3, 0.4) is 0 Å². The van der Waals surface area contributed by atoms with E-state index in [1.807, 2.05) is 0 Å². The summed E-state index contributed by atoms with van der Waals surface area (Å²) in [6.45, 7) is 2.34. The summed E-state index contributed by atoms with van der Waals surface area (Å²) < 4.78 is 26.2. The van der Waals surface area contributed by atoms with Gasteiger partial charge in [-0.15, -0.1) is 0 Å². The second kappa shape index (κ2) is 5.13. The smallest absolute Gasteiger partial charge is 0.258 e. The summed E-state index contributed by atoms with van der Waals surface area (Å²) in [6, 6.07) is 0. The number of hydrogen-bond donors (Lipinski definition) is 4. The van der Waals surface area contributed by atoms with Crippen LogP contribution in [0.25, 0.3) is 0 Å². The topological polar surface area (TPSA) is 115 Å². The summed E-state index contributed by atoms with van der Waals surface area (Å²) in [4.78, 5) is 6.38. The van der Waals surface area contributed by atoms with E-state index in [2.05, 4.69) is 14.7 Å². The van der Waals surface area contributed by atoms with Crippen molar-refractivity contribution in [1.82, 2.24) is 14.7 Å². The Bertz CT molecular complexity index is 456. The first-order valence-corrected chi connectivity index (χ1v) is 6.65. The Hall–Kier alpha value is -0.960. The Morgan fingerprint density at radius 3 is 2.41 bits per heavy atom. The van der Waals surface area contributed by atoms with Crippen LogP contribution in [0.15, 0.2) is 11.2 Å². The molecule has 0 amide bonds. The van der Waals surface area contributed by atoms with Gasteiger partial charge in [-0.25, -0.2) is 13.4 Å². The van der Waals surface area contributed by atoms with Gasteiger partial charge >= 0.3 is 0 Å².